The summed E-state index contributed by atoms with van der Waals surface area (Å²) in [6.45, 7) is 5.50. The molecule has 5 nitrogen and oxygen atoms in total. The van der Waals surface area contributed by atoms with Gasteiger partial charge in [0.25, 0.3) is 0 Å². The molecule has 0 aromatic heterocycles. The van der Waals surface area contributed by atoms with E-state index >= 15 is 0 Å². The Morgan fingerprint density at radius 2 is 1.77 bits per heavy atom. The molecule has 0 atom stereocenters. The molecule has 26 heavy (non-hydrogen) atoms. The number of benzene rings is 1. The number of hydrogen-bond donors (Lipinski definition) is 2. The van der Waals surface area contributed by atoms with E-state index in [1.165, 1.54) is 0 Å². The Hall–Kier alpha value is -2.25. The number of guanidine groups is 1. The Bertz CT molecular complexity index is 600. The molecule has 1 amide bonds. The number of alkyl halides is 3. The van der Waals surface area contributed by atoms with Gasteiger partial charge in [0.1, 0.15) is 13.1 Å². The Labute approximate surface area is 152 Å². The first-order valence-electron chi connectivity index (χ1n) is 8.43. The van der Waals surface area contributed by atoms with Gasteiger partial charge in [-0.05, 0) is 12.5 Å². The number of nitrogens with one attached hydrogen (secondary N) is 2. The van der Waals surface area contributed by atoms with Gasteiger partial charge in [-0.1, -0.05) is 44.2 Å². The highest BCUT2D eigenvalue weighted by Crippen LogP contribution is 2.21. The molecule has 146 valence electrons. The molecule has 0 saturated carbocycles. The van der Waals surface area contributed by atoms with Gasteiger partial charge in [-0.2, -0.15) is 13.2 Å². The van der Waals surface area contributed by atoms with Crippen LogP contribution in [0.1, 0.15) is 26.3 Å². The molecular formula is C18H27F3N4O. The third-order valence-electron chi connectivity index (χ3n) is 3.81. The van der Waals surface area contributed by atoms with Crippen LogP contribution in [0.5, 0.6) is 0 Å². The number of amides is 1. The lowest BCUT2D eigenvalue weighted by molar-refractivity contribution is -0.157. The lowest BCUT2D eigenvalue weighted by atomic mass is 9.85. The van der Waals surface area contributed by atoms with Crippen LogP contribution in [0.4, 0.5) is 13.2 Å². The third-order valence-corrected chi connectivity index (χ3v) is 3.81. The molecule has 0 spiro atoms. The highest BCUT2D eigenvalue weighted by Gasteiger charge is 2.31. The van der Waals surface area contributed by atoms with E-state index in [-0.39, 0.29) is 12.0 Å². The van der Waals surface area contributed by atoms with Gasteiger partial charge < -0.3 is 15.5 Å². The second-order valence-electron chi connectivity index (χ2n) is 6.66. The first-order chi connectivity index (χ1) is 12.0. The van der Waals surface area contributed by atoms with Gasteiger partial charge in [-0.3, -0.25) is 4.79 Å². The van der Waals surface area contributed by atoms with Crippen LogP contribution in [0, 0.1) is 0 Å². The highest BCUT2D eigenvalue weighted by atomic mass is 19.4. The van der Waals surface area contributed by atoms with Crippen molar-refractivity contribution in [3.05, 3.63) is 35.9 Å². The zero-order valence-electron chi connectivity index (χ0n) is 15.7. The summed E-state index contributed by atoms with van der Waals surface area (Å²) in [5, 5.41) is 6.14. The Morgan fingerprint density at radius 3 is 2.31 bits per heavy atom. The molecule has 0 aliphatic carbocycles. The molecule has 0 aliphatic heterocycles. The number of carbonyl (C=O) groups is 1. The molecule has 0 aliphatic rings. The topological polar surface area (TPSA) is 56.7 Å². The van der Waals surface area contributed by atoms with E-state index in [1.54, 1.807) is 0 Å². The van der Waals surface area contributed by atoms with Crippen LogP contribution in [-0.4, -0.2) is 56.2 Å². The van der Waals surface area contributed by atoms with Gasteiger partial charge in [0.05, 0.1) is 0 Å². The SMILES string of the molecule is CCNC(=NCC(=O)N(C)CC(F)(F)F)NCC(C)(C)c1ccccc1. The van der Waals surface area contributed by atoms with Crippen molar-refractivity contribution in [2.75, 3.05) is 33.2 Å². The van der Waals surface area contributed by atoms with E-state index in [0.717, 1.165) is 12.6 Å². The van der Waals surface area contributed by atoms with Crippen molar-refractivity contribution in [1.29, 1.82) is 0 Å². The summed E-state index contributed by atoms with van der Waals surface area (Å²) in [6.07, 6.45) is -4.42. The molecule has 1 rings (SSSR count). The van der Waals surface area contributed by atoms with E-state index in [2.05, 4.69) is 29.5 Å². The molecule has 1 aromatic rings. The summed E-state index contributed by atoms with van der Waals surface area (Å²) >= 11 is 0. The Kier molecular flexibility index (Phi) is 7.92. The molecule has 0 heterocycles. The third kappa shape index (κ3) is 7.76. The molecule has 0 fully saturated rings. The van der Waals surface area contributed by atoms with Gasteiger partial charge >= 0.3 is 6.18 Å². The van der Waals surface area contributed by atoms with Crippen molar-refractivity contribution in [3.8, 4) is 0 Å². The fourth-order valence-corrected chi connectivity index (χ4v) is 2.26. The molecule has 0 saturated heterocycles. The standard InChI is InChI=1S/C18H27F3N4O/c1-5-22-16(23-11-15(26)25(4)13-18(19,20)21)24-12-17(2,3)14-9-7-6-8-10-14/h6-10H,5,11-13H2,1-4H3,(H2,22,23,24). The van der Waals surface area contributed by atoms with E-state index < -0.39 is 18.6 Å². The van der Waals surface area contributed by atoms with Crippen molar-refractivity contribution >= 4 is 11.9 Å². The minimum Gasteiger partial charge on any atom is -0.357 e. The molecule has 8 heteroatoms. The number of likely N-dealkylation sites (N-methyl/N-ethyl adjacent to an activating group) is 1. The van der Waals surface area contributed by atoms with Crippen molar-refractivity contribution in [1.82, 2.24) is 15.5 Å². The van der Waals surface area contributed by atoms with E-state index in [4.69, 9.17) is 0 Å². The van der Waals surface area contributed by atoms with Crippen molar-refractivity contribution < 1.29 is 18.0 Å². The molecule has 0 unspecified atom stereocenters. The molecular weight excluding hydrogens is 345 g/mol. The summed E-state index contributed by atoms with van der Waals surface area (Å²) in [6, 6.07) is 9.93. The Balaban J connectivity index is 2.67. The molecule has 1 aromatic carbocycles. The van der Waals surface area contributed by atoms with Crippen LogP contribution < -0.4 is 10.6 Å². The van der Waals surface area contributed by atoms with E-state index in [0.29, 0.717) is 23.9 Å². The quantitative estimate of drug-likeness (QED) is 0.571. The van der Waals surface area contributed by atoms with Crippen molar-refractivity contribution in [3.63, 3.8) is 0 Å². The predicted octanol–water partition coefficient (Wildman–Crippen LogP) is 2.54. The van der Waals surface area contributed by atoms with Crippen LogP contribution in [0.2, 0.25) is 0 Å². The van der Waals surface area contributed by atoms with Gasteiger partial charge in [0, 0.05) is 25.6 Å². The van der Waals surface area contributed by atoms with Crippen LogP contribution in [0.15, 0.2) is 35.3 Å². The smallest absolute Gasteiger partial charge is 0.357 e. The van der Waals surface area contributed by atoms with E-state index in [9.17, 15) is 18.0 Å². The first kappa shape index (κ1) is 21.8. The lowest BCUT2D eigenvalue weighted by Crippen LogP contribution is -2.44. The number of hydrogen-bond acceptors (Lipinski definition) is 2. The summed E-state index contributed by atoms with van der Waals surface area (Å²) < 4.78 is 37.0. The number of aliphatic imine (C=N–C) groups is 1. The average Bonchev–Trinajstić information content (AvgIpc) is 2.56. The second kappa shape index (κ2) is 9.45. The number of rotatable bonds is 7. The zero-order chi connectivity index (χ0) is 19.8. The summed E-state index contributed by atoms with van der Waals surface area (Å²) in [4.78, 5) is 16.5. The Morgan fingerprint density at radius 1 is 1.15 bits per heavy atom. The van der Waals surface area contributed by atoms with Gasteiger partial charge in [-0.25, -0.2) is 4.99 Å². The zero-order valence-corrected chi connectivity index (χ0v) is 15.7. The lowest BCUT2D eigenvalue weighted by Gasteiger charge is -2.27. The first-order valence-corrected chi connectivity index (χ1v) is 8.43. The highest BCUT2D eigenvalue weighted by molar-refractivity contribution is 5.84. The van der Waals surface area contributed by atoms with E-state index in [1.807, 2.05) is 37.3 Å². The maximum Gasteiger partial charge on any atom is 0.406 e. The molecule has 0 radical (unpaired) electrons. The molecule has 0 bridgehead atoms. The van der Waals surface area contributed by atoms with Crippen LogP contribution in [-0.2, 0) is 10.2 Å². The average molecular weight is 372 g/mol. The van der Waals surface area contributed by atoms with Crippen molar-refractivity contribution in [2.45, 2.75) is 32.4 Å². The number of nitrogens with zero attached hydrogens (tertiary/aromatic N) is 2. The van der Waals surface area contributed by atoms with Crippen LogP contribution in [0.3, 0.4) is 0 Å². The number of halogens is 3. The van der Waals surface area contributed by atoms with Crippen LogP contribution >= 0.6 is 0 Å². The maximum atomic E-state index is 12.3. The van der Waals surface area contributed by atoms with Gasteiger partial charge in [0.2, 0.25) is 5.91 Å². The minimum atomic E-state index is -4.42. The maximum absolute atomic E-state index is 12.3. The number of carbonyl (C=O) groups excluding carboxylic acids is 1. The van der Waals surface area contributed by atoms with Crippen LogP contribution in [0.25, 0.3) is 0 Å². The largest absolute Gasteiger partial charge is 0.406 e. The monoisotopic (exact) mass is 372 g/mol. The van der Waals surface area contributed by atoms with Gasteiger partial charge in [0.15, 0.2) is 5.96 Å². The second-order valence-corrected chi connectivity index (χ2v) is 6.66. The summed E-state index contributed by atoms with van der Waals surface area (Å²) in [7, 11) is 1.12. The van der Waals surface area contributed by atoms with Crippen molar-refractivity contribution in [2.24, 2.45) is 4.99 Å². The summed E-state index contributed by atoms with van der Waals surface area (Å²) in [5.41, 5.74) is 0.957. The summed E-state index contributed by atoms with van der Waals surface area (Å²) in [5.74, 6) is -0.299. The van der Waals surface area contributed by atoms with Gasteiger partial charge in [-0.15, -0.1) is 0 Å². The fourth-order valence-electron chi connectivity index (χ4n) is 2.26. The normalized spacial score (nSPS) is 12.7. The predicted molar refractivity (Wildman–Crippen MR) is 97.1 cm³/mol. The minimum absolute atomic E-state index is 0.186. The molecule has 2 N–H and O–H groups in total. The fraction of sp³-hybridized carbons (Fsp3) is 0.556.